The van der Waals surface area contributed by atoms with Crippen LogP contribution in [0.5, 0.6) is 0 Å². The van der Waals surface area contributed by atoms with Gasteiger partial charge in [-0.25, -0.2) is 9.99 Å². The topological polar surface area (TPSA) is 65.8 Å². The number of rotatable bonds is 2. The summed E-state index contributed by atoms with van der Waals surface area (Å²) in [5.74, 6) is 0.404. The number of piperidine rings is 1. The zero-order chi connectivity index (χ0) is 19.3. The minimum atomic E-state index is -0.0661. The van der Waals surface area contributed by atoms with E-state index in [9.17, 15) is 4.79 Å². The van der Waals surface area contributed by atoms with Gasteiger partial charge in [0.15, 0.2) is 5.65 Å². The van der Waals surface area contributed by atoms with Crippen molar-refractivity contribution in [1.29, 1.82) is 0 Å². The maximum atomic E-state index is 12.8. The van der Waals surface area contributed by atoms with Crippen molar-refractivity contribution < 1.29 is 0 Å². The number of fused-ring (bicyclic) bond motifs is 2. The van der Waals surface area contributed by atoms with Crippen LogP contribution in [0.25, 0.3) is 11.2 Å². The van der Waals surface area contributed by atoms with Crippen LogP contribution >= 0.6 is 0 Å². The van der Waals surface area contributed by atoms with Crippen LogP contribution in [0.2, 0.25) is 0 Å². The Kier molecular flexibility index (Phi) is 4.14. The zero-order valence-electron chi connectivity index (χ0n) is 16.2. The maximum Gasteiger partial charge on any atom is 0.258 e. The van der Waals surface area contributed by atoms with Crippen LogP contribution in [0.1, 0.15) is 30.1 Å². The maximum absolute atomic E-state index is 12.8. The molecule has 0 saturated carbocycles. The van der Waals surface area contributed by atoms with E-state index in [0.29, 0.717) is 17.3 Å². The van der Waals surface area contributed by atoms with Crippen molar-refractivity contribution in [3.8, 4) is 0 Å². The predicted molar refractivity (Wildman–Crippen MR) is 109 cm³/mol. The van der Waals surface area contributed by atoms with Gasteiger partial charge in [-0.05, 0) is 37.6 Å². The Balaban J connectivity index is 1.51. The summed E-state index contributed by atoms with van der Waals surface area (Å²) < 4.78 is 1.63. The lowest BCUT2D eigenvalue weighted by Gasteiger charge is -2.26. The molecule has 1 fully saturated rings. The summed E-state index contributed by atoms with van der Waals surface area (Å²) in [6.07, 6.45) is 14.1. The van der Waals surface area contributed by atoms with Gasteiger partial charge in [-0.1, -0.05) is 12.2 Å². The smallest absolute Gasteiger partial charge is 0.258 e. The molecule has 144 valence electrons. The lowest BCUT2D eigenvalue weighted by molar-refractivity contribution is 0.0900. The van der Waals surface area contributed by atoms with Gasteiger partial charge in [0.05, 0.1) is 23.6 Å². The Labute approximate surface area is 163 Å². The van der Waals surface area contributed by atoms with Gasteiger partial charge in [0.2, 0.25) is 0 Å². The standard InChI is InChI=1S/C21H24N6O/c1-25-12-16-9-15(3-4-19(16)26(25)2)17-10-21(28)27-13-18(23-11-20(27)24-17)14-5-7-22-8-6-14/h3-4,9-14,19,22H,5-8H2,1-2H3. The van der Waals surface area contributed by atoms with Crippen molar-refractivity contribution >= 4 is 11.2 Å². The monoisotopic (exact) mass is 376 g/mol. The third-order valence-corrected chi connectivity index (χ3v) is 5.98. The molecule has 7 nitrogen and oxygen atoms in total. The summed E-state index contributed by atoms with van der Waals surface area (Å²) in [6, 6.07) is 1.86. The van der Waals surface area contributed by atoms with E-state index in [4.69, 9.17) is 4.98 Å². The molecule has 0 radical (unpaired) electrons. The Morgan fingerprint density at radius 1 is 1.21 bits per heavy atom. The fourth-order valence-corrected chi connectivity index (χ4v) is 4.24. The molecule has 1 atom stereocenters. The van der Waals surface area contributed by atoms with Crippen LogP contribution < -0.4 is 10.9 Å². The number of allylic oxidation sites excluding steroid dienone is 2. The quantitative estimate of drug-likeness (QED) is 0.858. The summed E-state index contributed by atoms with van der Waals surface area (Å²) in [6.45, 7) is 2.00. The highest BCUT2D eigenvalue weighted by atomic mass is 16.1. The molecule has 3 aliphatic rings. The molecule has 2 aromatic heterocycles. The first-order chi connectivity index (χ1) is 13.6. The highest BCUT2D eigenvalue weighted by Gasteiger charge is 2.27. The first-order valence-corrected chi connectivity index (χ1v) is 9.78. The summed E-state index contributed by atoms with van der Waals surface area (Å²) >= 11 is 0. The summed E-state index contributed by atoms with van der Waals surface area (Å²) in [7, 11) is 4.09. The predicted octanol–water partition coefficient (Wildman–Crippen LogP) is 1.55. The van der Waals surface area contributed by atoms with E-state index < -0.39 is 0 Å². The largest absolute Gasteiger partial charge is 0.317 e. The van der Waals surface area contributed by atoms with Gasteiger partial charge in [-0.2, -0.15) is 0 Å². The number of hydrogen-bond acceptors (Lipinski definition) is 6. The van der Waals surface area contributed by atoms with Gasteiger partial charge in [0, 0.05) is 44.0 Å². The van der Waals surface area contributed by atoms with Crippen LogP contribution in [-0.4, -0.2) is 57.6 Å². The molecule has 2 aliphatic heterocycles. The minimum absolute atomic E-state index is 0.0661. The average Bonchev–Trinajstić information content (AvgIpc) is 3.01. The normalized spacial score (nSPS) is 23.1. The highest BCUT2D eigenvalue weighted by Crippen LogP contribution is 2.30. The lowest BCUT2D eigenvalue weighted by atomic mass is 9.95. The van der Waals surface area contributed by atoms with Crippen molar-refractivity contribution in [3.63, 3.8) is 0 Å². The highest BCUT2D eigenvalue weighted by molar-refractivity contribution is 5.77. The first kappa shape index (κ1) is 17.3. The Bertz CT molecular complexity index is 1080. The van der Waals surface area contributed by atoms with Gasteiger partial charge in [0.25, 0.3) is 5.56 Å². The molecule has 0 amide bonds. The zero-order valence-corrected chi connectivity index (χ0v) is 16.2. The van der Waals surface area contributed by atoms with Crippen molar-refractivity contribution in [3.05, 3.63) is 70.2 Å². The van der Waals surface area contributed by atoms with Gasteiger partial charge in [-0.15, -0.1) is 0 Å². The number of likely N-dealkylation sites (N-methyl/N-ethyl adjacent to an activating group) is 1. The molecule has 5 rings (SSSR count). The second-order valence-corrected chi connectivity index (χ2v) is 7.72. The number of nitrogens with one attached hydrogen (secondary N) is 1. The number of nitrogens with zero attached hydrogens (tertiary/aromatic N) is 5. The van der Waals surface area contributed by atoms with Gasteiger partial charge in [0.1, 0.15) is 0 Å². The fraction of sp³-hybridized carbons (Fsp3) is 0.381. The summed E-state index contributed by atoms with van der Waals surface area (Å²) in [5, 5.41) is 7.60. The van der Waals surface area contributed by atoms with Crippen LogP contribution in [0.3, 0.4) is 0 Å². The molecule has 7 heteroatoms. The second kappa shape index (κ2) is 6.68. The number of hydrazine groups is 1. The van der Waals surface area contributed by atoms with E-state index in [1.807, 2.05) is 19.3 Å². The SMILES string of the molecule is CN1C=C2C=C(c3cc(=O)n4cc(C5CCNCC5)ncc4n3)C=CC2N1C. The fourth-order valence-electron chi connectivity index (χ4n) is 4.24. The molecular weight excluding hydrogens is 352 g/mol. The minimum Gasteiger partial charge on any atom is -0.317 e. The molecule has 0 spiro atoms. The molecule has 28 heavy (non-hydrogen) atoms. The third-order valence-electron chi connectivity index (χ3n) is 5.98. The first-order valence-electron chi connectivity index (χ1n) is 9.78. The van der Waals surface area contributed by atoms with E-state index in [-0.39, 0.29) is 11.6 Å². The van der Waals surface area contributed by atoms with Gasteiger partial charge >= 0.3 is 0 Å². The van der Waals surface area contributed by atoms with Crippen LogP contribution in [0, 0.1) is 0 Å². The average molecular weight is 376 g/mol. The van der Waals surface area contributed by atoms with E-state index >= 15 is 0 Å². The Morgan fingerprint density at radius 2 is 2.04 bits per heavy atom. The number of aromatic nitrogens is 3. The van der Waals surface area contributed by atoms with E-state index in [1.54, 1.807) is 16.7 Å². The van der Waals surface area contributed by atoms with E-state index in [0.717, 1.165) is 37.2 Å². The number of hydrogen-bond donors (Lipinski definition) is 1. The second-order valence-electron chi connectivity index (χ2n) is 7.72. The van der Waals surface area contributed by atoms with Crippen molar-refractivity contribution in [2.45, 2.75) is 24.8 Å². The van der Waals surface area contributed by atoms with Gasteiger partial charge in [-0.3, -0.25) is 14.2 Å². The summed E-state index contributed by atoms with van der Waals surface area (Å²) in [4.78, 5) is 22.1. The molecule has 0 aromatic carbocycles. The molecule has 1 N–H and O–H groups in total. The van der Waals surface area contributed by atoms with Gasteiger partial charge < -0.3 is 10.3 Å². The van der Waals surface area contributed by atoms with Crippen LogP contribution in [0.4, 0.5) is 0 Å². The molecule has 4 heterocycles. The Hall–Kier alpha value is -2.77. The molecule has 0 bridgehead atoms. The lowest BCUT2D eigenvalue weighted by Crippen LogP contribution is -2.35. The third kappa shape index (κ3) is 2.87. The van der Waals surface area contributed by atoms with Crippen LogP contribution in [0.15, 0.2) is 53.3 Å². The van der Waals surface area contributed by atoms with Crippen LogP contribution in [-0.2, 0) is 0 Å². The molecule has 2 aromatic rings. The molecular formula is C21H24N6O. The van der Waals surface area contributed by atoms with Crippen molar-refractivity contribution in [1.82, 2.24) is 29.7 Å². The molecule has 1 unspecified atom stereocenters. The van der Waals surface area contributed by atoms with Crippen molar-refractivity contribution in [2.75, 3.05) is 27.2 Å². The van der Waals surface area contributed by atoms with Crippen molar-refractivity contribution in [2.24, 2.45) is 0 Å². The Morgan fingerprint density at radius 3 is 2.86 bits per heavy atom. The molecule has 1 aliphatic carbocycles. The van der Waals surface area contributed by atoms with E-state index in [2.05, 4.69) is 45.7 Å². The molecule has 1 saturated heterocycles. The van der Waals surface area contributed by atoms with E-state index in [1.165, 1.54) is 5.57 Å². The summed E-state index contributed by atoms with van der Waals surface area (Å²) in [5.41, 5.74) is 4.34.